The van der Waals surface area contributed by atoms with Gasteiger partial charge in [-0.2, -0.15) is 0 Å². The molecule has 4 aromatic rings. The topological polar surface area (TPSA) is 26.3 Å². The number of carbonyl (C=O) groups is 1. The molecule has 1 saturated carbocycles. The number of carbonyl (C=O) groups excluding carboxylic acids is 1. The van der Waals surface area contributed by atoms with Crippen LogP contribution in [0.1, 0.15) is 106 Å². The molecule has 1 aliphatic heterocycles. The number of halogens is 6. The van der Waals surface area contributed by atoms with Gasteiger partial charge < -0.3 is 4.74 Å². The summed E-state index contributed by atoms with van der Waals surface area (Å²) >= 11 is 0. The molecule has 0 atom stereocenters. The van der Waals surface area contributed by atoms with Crippen LogP contribution in [0.4, 0.5) is 25.2 Å². The number of Topliss-reactive ketones (excluding diaryl/α,β-unsaturated/α-hetero) is 1. The van der Waals surface area contributed by atoms with E-state index < -0.39 is 7.81 Å². The number of benzene rings is 4. The van der Waals surface area contributed by atoms with E-state index >= 15 is 0 Å². The molecular formula is C40H43F6O2PS. The summed E-state index contributed by atoms with van der Waals surface area (Å²) in [5.41, 5.74) is 6.44. The van der Waals surface area contributed by atoms with E-state index in [2.05, 4.69) is 98.8 Å². The zero-order chi connectivity index (χ0) is 35.8. The average Bonchev–Trinajstić information content (AvgIpc) is 3.35. The molecular weight excluding hydrogens is 689 g/mol. The van der Waals surface area contributed by atoms with Crippen LogP contribution in [0.25, 0.3) is 11.1 Å². The van der Waals surface area contributed by atoms with Crippen LogP contribution in [0.15, 0.2) is 99.6 Å². The molecule has 0 radical (unpaired) electrons. The molecule has 0 N–H and O–H groups in total. The third kappa shape index (κ3) is 8.10. The molecule has 2 aliphatic carbocycles. The van der Waals surface area contributed by atoms with Crippen molar-refractivity contribution in [1.82, 2.24) is 0 Å². The van der Waals surface area contributed by atoms with Gasteiger partial charge >= 0.3 is 33.0 Å². The summed E-state index contributed by atoms with van der Waals surface area (Å²) in [6.45, 7) is 4.61. The van der Waals surface area contributed by atoms with Crippen LogP contribution in [0.2, 0.25) is 0 Å². The van der Waals surface area contributed by atoms with E-state index in [-0.39, 0.29) is 22.2 Å². The van der Waals surface area contributed by atoms with Gasteiger partial charge in [-0.3, -0.25) is 4.79 Å². The van der Waals surface area contributed by atoms with Gasteiger partial charge in [0.05, 0.1) is 0 Å². The van der Waals surface area contributed by atoms with Crippen molar-refractivity contribution in [2.45, 2.75) is 105 Å². The molecule has 1 fully saturated rings. The first-order chi connectivity index (χ1) is 23.6. The van der Waals surface area contributed by atoms with Crippen molar-refractivity contribution in [2.75, 3.05) is 0 Å². The number of para-hydroxylation sites is 2. The summed E-state index contributed by atoms with van der Waals surface area (Å²) in [5, 5.41) is 0. The standard InChI is InChI=1S/C40H43O2S.F6P/c1-3-5-24-40(25-6-4-2)33-26-29(39(41)28-14-8-7-9-15-28)20-22-31(33)32-23-21-30(27-34(32)40)43-37-18-12-10-16-35(37)42-36-17-11-13-19-38(36)43;1-7(2,3,4,5)6/h10-13,16-23,26-28H,3-9,14-15,24-25H2,1-2H3;/q+1;-1. The molecule has 1 heterocycles. The first kappa shape index (κ1) is 36.5. The second-order valence-electron chi connectivity index (χ2n) is 13.7. The average molecular weight is 733 g/mol. The van der Waals surface area contributed by atoms with Gasteiger partial charge in [0.15, 0.2) is 22.2 Å². The van der Waals surface area contributed by atoms with E-state index in [1.165, 1.54) is 81.9 Å². The maximum atomic E-state index is 13.8. The zero-order valence-electron chi connectivity index (χ0n) is 28.4. The van der Waals surface area contributed by atoms with E-state index in [4.69, 9.17) is 4.74 Å². The third-order valence-corrected chi connectivity index (χ3v) is 12.4. The summed E-state index contributed by atoms with van der Waals surface area (Å²) < 4.78 is 65.6. The molecule has 4 aromatic carbocycles. The van der Waals surface area contributed by atoms with Crippen molar-refractivity contribution in [3.05, 3.63) is 102 Å². The van der Waals surface area contributed by atoms with Gasteiger partial charge in [0, 0.05) is 16.9 Å². The molecule has 0 bridgehead atoms. The van der Waals surface area contributed by atoms with Crippen molar-refractivity contribution in [1.29, 1.82) is 0 Å². The number of rotatable bonds is 9. The van der Waals surface area contributed by atoms with E-state index in [9.17, 15) is 30.0 Å². The molecule has 0 amide bonds. The van der Waals surface area contributed by atoms with Crippen LogP contribution in [-0.2, 0) is 16.3 Å². The van der Waals surface area contributed by atoms with Crippen molar-refractivity contribution in [3.8, 4) is 22.6 Å². The Morgan fingerprint density at radius 3 is 1.76 bits per heavy atom. The van der Waals surface area contributed by atoms with Crippen molar-refractivity contribution < 1.29 is 34.7 Å². The Hall–Kier alpha value is -3.29. The molecule has 0 aromatic heterocycles. The summed E-state index contributed by atoms with van der Waals surface area (Å²) in [4.78, 5) is 17.7. The van der Waals surface area contributed by atoms with Gasteiger partial charge in [-0.1, -0.05) is 95.2 Å². The first-order valence-electron chi connectivity index (χ1n) is 17.6. The van der Waals surface area contributed by atoms with E-state index in [0.29, 0.717) is 5.78 Å². The first-order valence-corrected chi connectivity index (χ1v) is 20.8. The molecule has 0 unspecified atom stereocenters. The molecule has 3 aliphatic rings. The van der Waals surface area contributed by atoms with Gasteiger partial charge in [-0.05, 0) is 96.5 Å². The predicted octanol–water partition coefficient (Wildman–Crippen LogP) is 14.7. The number of fused-ring (bicyclic) bond motifs is 5. The SMILES string of the molecule is CCCCC1(CCCC)c2cc(C(=O)C3CCCCC3)ccc2-c2ccc([S+]3c4ccccc4Oc4ccccc43)cc21.F[P-](F)(F)(F)(F)F. The van der Waals surface area contributed by atoms with E-state index in [1.54, 1.807) is 0 Å². The molecule has 10 heteroatoms. The zero-order valence-corrected chi connectivity index (χ0v) is 30.1. The summed E-state index contributed by atoms with van der Waals surface area (Å²) in [6, 6.07) is 31.1. The molecule has 268 valence electrons. The van der Waals surface area contributed by atoms with E-state index in [1.807, 2.05) is 0 Å². The Labute approximate surface area is 293 Å². The third-order valence-electron chi connectivity index (χ3n) is 10.1. The Morgan fingerprint density at radius 2 is 1.22 bits per heavy atom. The van der Waals surface area contributed by atoms with Crippen LogP contribution in [0.5, 0.6) is 11.5 Å². The van der Waals surface area contributed by atoms with Gasteiger partial charge in [0.1, 0.15) is 10.9 Å². The van der Waals surface area contributed by atoms with Crippen LogP contribution >= 0.6 is 7.81 Å². The predicted molar refractivity (Wildman–Crippen MR) is 191 cm³/mol. The van der Waals surface area contributed by atoms with Gasteiger partial charge in [-0.25, -0.2) is 0 Å². The molecule has 50 heavy (non-hydrogen) atoms. The van der Waals surface area contributed by atoms with Gasteiger partial charge in [0.25, 0.3) is 0 Å². The Bertz CT molecular complexity index is 1820. The molecule has 0 saturated heterocycles. The van der Waals surface area contributed by atoms with E-state index in [0.717, 1.165) is 42.7 Å². The normalized spacial score (nSPS) is 17.8. The van der Waals surface area contributed by atoms with Crippen LogP contribution < -0.4 is 4.74 Å². The second kappa shape index (κ2) is 13.4. The maximum absolute atomic E-state index is 13.8. The summed E-state index contributed by atoms with van der Waals surface area (Å²) in [5.74, 6) is 2.48. The van der Waals surface area contributed by atoms with Gasteiger partial charge in [-0.15, -0.1) is 0 Å². The number of hydrogen-bond acceptors (Lipinski definition) is 2. The Kier molecular flexibility index (Phi) is 9.75. The van der Waals surface area contributed by atoms with Crippen LogP contribution in [0.3, 0.4) is 0 Å². The van der Waals surface area contributed by atoms with Crippen LogP contribution in [-0.4, -0.2) is 5.78 Å². The minimum absolute atomic E-state index is 0.0652. The fourth-order valence-electron chi connectivity index (χ4n) is 7.87. The Balaban J connectivity index is 0.000000561. The fourth-order valence-corrected chi connectivity index (χ4v) is 10.1. The second-order valence-corrected chi connectivity index (χ2v) is 17.6. The quantitative estimate of drug-likeness (QED) is 0.0653. The molecule has 7 rings (SSSR count). The van der Waals surface area contributed by atoms with Crippen molar-refractivity contribution >= 4 is 24.5 Å². The van der Waals surface area contributed by atoms with Crippen molar-refractivity contribution in [2.24, 2.45) is 5.92 Å². The summed E-state index contributed by atoms with van der Waals surface area (Å²) in [6.07, 6.45) is 12.7. The van der Waals surface area contributed by atoms with Crippen LogP contribution in [0, 0.1) is 5.92 Å². The number of unbranched alkanes of at least 4 members (excludes halogenated alkanes) is 2. The number of ether oxygens (including phenoxy) is 1. The van der Waals surface area contributed by atoms with Crippen molar-refractivity contribution in [3.63, 3.8) is 0 Å². The fraction of sp³-hybridized carbons (Fsp3) is 0.375. The number of hydrogen-bond donors (Lipinski definition) is 0. The van der Waals surface area contributed by atoms with Gasteiger partial charge in [0.2, 0.25) is 9.79 Å². The molecule has 0 spiro atoms. The monoisotopic (exact) mass is 732 g/mol. The minimum atomic E-state index is -10.7. The molecule has 2 nitrogen and oxygen atoms in total. The Morgan fingerprint density at radius 1 is 0.720 bits per heavy atom. The summed E-state index contributed by atoms with van der Waals surface area (Å²) in [7, 11) is -10.9. The number of ketones is 1.